The van der Waals surface area contributed by atoms with Gasteiger partial charge in [-0.15, -0.1) is 0 Å². The molecule has 0 amide bonds. The number of esters is 1. The molecular formula is C25H47O11S-. The second-order valence-corrected chi connectivity index (χ2v) is 10.3. The molecule has 1 rings (SSSR count). The summed E-state index contributed by atoms with van der Waals surface area (Å²) in [5, 5.41) is 39.8. The third-order valence-electron chi connectivity index (χ3n) is 6.37. The lowest BCUT2D eigenvalue weighted by atomic mass is 9.99. The van der Waals surface area contributed by atoms with Crippen LogP contribution in [0.15, 0.2) is 0 Å². The van der Waals surface area contributed by atoms with Crippen LogP contribution in [0.1, 0.15) is 96.8 Å². The van der Waals surface area contributed by atoms with Gasteiger partial charge in [0.05, 0.1) is 24.6 Å². The molecule has 0 saturated carbocycles. The van der Waals surface area contributed by atoms with Gasteiger partial charge in [-0.2, -0.15) is 0 Å². The molecule has 0 aliphatic carbocycles. The second-order valence-electron chi connectivity index (χ2n) is 9.67. The summed E-state index contributed by atoms with van der Waals surface area (Å²) in [5.74, 6) is -0.419. The number of hydrogen-bond acceptors (Lipinski definition) is 11. The molecule has 37 heavy (non-hydrogen) atoms. The van der Waals surface area contributed by atoms with Gasteiger partial charge in [0, 0.05) is 6.42 Å². The third kappa shape index (κ3) is 16.1. The van der Waals surface area contributed by atoms with Gasteiger partial charge in [-0.05, 0) is 6.42 Å². The zero-order valence-electron chi connectivity index (χ0n) is 22.0. The van der Waals surface area contributed by atoms with Crippen LogP contribution in [0, 0.1) is 0 Å². The highest BCUT2D eigenvalue weighted by Crippen LogP contribution is 2.23. The van der Waals surface area contributed by atoms with Crippen molar-refractivity contribution in [3.63, 3.8) is 0 Å². The number of ether oxygens (including phenoxy) is 3. The summed E-state index contributed by atoms with van der Waals surface area (Å²) in [6.07, 6.45) is 7.14. The third-order valence-corrected chi connectivity index (χ3v) is 6.70. The highest BCUT2D eigenvalue weighted by atomic mass is 32.2. The Balaban J connectivity index is 2.07. The monoisotopic (exact) mass is 555 g/mol. The lowest BCUT2D eigenvalue weighted by Crippen LogP contribution is -2.59. The molecule has 1 aliphatic heterocycles. The minimum absolute atomic E-state index is 0.267. The number of hydrogen-bond donors (Lipinski definition) is 4. The van der Waals surface area contributed by atoms with Crippen molar-refractivity contribution < 1.29 is 52.4 Å². The average Bonchev–Trinajstić information content (AvgIpc) is 2.87. The standard InChI is InChI=1S/C25H48O11S/c1-2-3-4-5-6-7-8-9-10-11-12-13-14-15-21(27)33-16-19(26)17-34-25-24(30)23(29)22(28)20(36-25)18-35-37(31)32/h19-20,22-26,28-30H,2-18H2,1H3,(H,31,32)/p-1. The van der Waals surface area contributed by atoms with E-state index in [2.05, 4.69) is 11.1 Å². The number of aliphatic hydroxyl groups excluding tert-OH is 4. The lowest BCUT2D eigenvalue weighted by molar-refractivity contribution is -0.303. The Hall–Kier alpha value is -0.700. The zero-order chi connectivity index (χ0) is 27.5. The van der Waals surface area contributed by atoms with Crippen molar-refractivity contribution in [2.24, 2.45) is 0 Å². The summed E-state index contributed by atoms with van der Waals surface area (Å²) < 4.78 is 40.9. The van der Waals surface area contributed by atoms with Crippen molar-refractivity contribution >= 4 is 17.3 Å². The maximum Gasteiger partial charge on any atom is 0.305 e. The van der Waals surface area contributed by atoms with Crippen LogP contribution in [0.5, 0.6) is 0 Å². The van der Waals surface area contributed by atoms with Crippen LogP contribution in [-0.2, 0) is 34.5 Å². The van der Waals surface area contributed by atoms with Crippen LogP contribution in [-0.4, -0.2) is 91.8 Å². The molecule has 7 unspecified atom stereocenters. The molecule has 7 atom stereocenters. The Bertz CT molecular complexity index is 609. The summed E-state index contributed by atoms with van der Waals surface area (Å²) >= 11 is -2.85. The van der Waals surface area contributed by atoms with E-state index in [0.717, 1.165) is 19.3 Å². The predicted octanol–water partition coefficient (Wildman–Crippen LogP) is 2.01. The van der Waals surface area contributed by atoms with E-state index in [1.807, 2.05) is 0 Å². The first kappa shape index (κ1) is 34.3. The number of carbonyl (C=O) groups excluding carboxylic acids is 1. The molecule has 0 aromatic heterocycles. The minimum Gasteiger partial charge on any atom is -0.750 e. The van der Waals surface area contributed by atoms with Gasteiger partial charge >= 0.3 is 5.97 Å². The van der Waals surface area contributed by atoms with Crippen LogP contribution in [0.25, 0.3) is 0 Å². The molecule has 220 valence electrons. The van der Waals surface area contributed by atoms with E-state index in [1.54, 1.807) is 0 Å². The quantitative estimate of drug-likeness (QED) is 0.0873. The van der Waals surface area contributed by atoms with Gasteiger partial charge < -0.3 is 39.2 Å². The largest absolute Gasteiger partial charge is 0.750 e. The Kier molecular flexibility index (Phi) is 19.6. The summed E-state index contributed by atoms with van der Waals surface area (Å²) in [5.41, 5.74) is 0. The molecule has 4 N–H and O–H groups in total. The molecule has 0 spiro atoms. The average molecular weight is 556 g/mol. The summed E-state index contributed by atoms with van der Waals surface area (Å²) in [4.78, 5) is 11.9. The van der Waals surface area contributed by atoms with E-state index in [4.69, 9.17) is 14.2 Å². The zero-order valence-corrected chi connectivity index (χ0v) is 22.9. The van der Waals surface area contributed by atoms with E-state index in [0.29, 0.717) is 0 Å². The van der Waals surface area contributed by atoms with Crippen LogP contribution >= 0.6 is 0 Å². The first-order valence-electron chi connectivity index (χ1n) is 13.6. The summed E-state index contributed by atoms with van der Waals surface area (Å²) in [6.45, 7) is 0.930. The number of unbranched alkanes of at least 4 members (excludes halogenated alkanes) is 12. The van der Waals surface area contributed by atoms with E-state index in [9.17, 15) is 34.0 Å². The van der Waals surface area contributed by atoms with Gasteiger partial charge in [-0.3, -0.25) is 8.98 Å². The molecule has 12 heteroatoms. The minimum atomic E-state index is -2.85. The highest BCUT2D eigenvalue weighted by Gasteiger charge is 2.44. The topological polar surface area (TPSA) is 175 Å². The van der Waals surface area contributed by atoms with Gasteiger partial charge in [0.25, 0.3) is 0 Å². The molecular weight excluding hydrogens is 508 g/mol. The fraction of sp³-hybridized carbons (Fsp3) is 0.960. The Morgan fingerprint density at radius 1 is 0.865 bits per heavy atom. The lowest BCUT2D eigenvalue weighted by Gasteiger charge is -2.40. The van der Waals surface area contributed by atoms with E-state index < -0.39 is 67.4 Å². The van der Waals surface area contributed by atoms with E-state index >= 15 is 0 Å². The van der Waals surface area contributed by atoms with Crippen LogP contribution in [0.3, 0.4) is 0 Å². The Morgan fingerprint density at radius 3 is 1.95 bits per heavy atom. The van der Waals surface area contributed by atoms with Crippen molar-refractivity contribution in [2.75, 3.05) is 19.8 Å². The molecule has 0 aromatic carbocycles. The van der Waals surface area contributed by atoms with Crippen LogP contribution in [0.2, 0.25) is 0 Å². The normalized spacial score (nSPS) is 25.6. The first-order chi connectivity index (χ1) is 17.8. The molecule has 1 heterocycles. The maximum absolute atomic E-state index is 11.9. The van der Waals surface area contributed by atoms with Gasteiger partial charge in [0.15, 0.2) is 6.29 Å². The maximum atomic E-state index is 11.9. The van der Waals surface area contributed by atoms with Gasteiger partial charge in [-0.25, -0.2) is 4.21 Å². The SMILES string of the molecule is CCCCCCCCCCCCCCCC(=O)OCC(O)COC1OC(COS(=O)[O-])C(O)C(O)C1O. The van der Waals surface area contributed by atoms with Gasteiger partial charge in [0.1, 0.15) is 37.1 Å². The molecule has 1 saturated heterocycles. The molecule has 0 radical (unpaired) electrons. The van der Waals surface area contributed by atoms with Crippen molar-refractivity contribution in [2.45, 2.75) is 134 Å². The Labute approximate surface area is 223 Å². The number of rotatable bonds is 22. The highest BCUT2D eigenvalue weighted by molar-refractivity contribution is 7.74. The molecule has 1 aliphatic rings. The number of aliphatic hydroxyl groups is 4. The van der Waals surface area contributed by atoms with E-state index in [1.165, 1.54) is 64.2 Å². The van der Waals surface area contributed by atoms with Crippen molar-refractivity contribution in [3.05, 3.63) is 0 Å². The predicted molar refractivity (Wildman–Crippen MR) is 135 cm³/mol. The molecule has 1 fully saturated rings. The van der Waals surface area contributed by atoms with Gasteiger partial charge in [-0.1, -0.05) is 84.0 Å². The second kappa shape index (κ2) is 21.2. The van der Waals surface area contributed by atoms with E-state index in [-0.39, 0.29) is 13.0 Å². The summed E-state index contributed by atoms with van der Waals surface area (Å²) in [6, 6.07) is 0. The van der Waals surface area contributed by atoms with Crippen molar-refractivity contribution in [1.29, 1.82) is 0 Å². The Morgan fingerprint density at radius 2 is 1.41 bits per heavy atom. The van der Waals surface area contributed by atoms with Crippen molar-refractivity contribution in [3.8, 4) is 0 Å². The van der Waals surface area contributed by atoms with Crippen LogP contribution < -0.4 is 0 Å². The smallest absolute Gasteiger partial charge is 0.305 e. The first-order valence-corrected chi connectivity index (χ1v) is 14.6. The molecule has 0 bridgehead atoms. The van der Waals surface area contributed by atoms with Crippen LogP contribution in [0.4, 0.5) is 0 Å². The molecule has 11 nitrogen and oxygen atoms in total. The molecule has 0 aromatic rings. The fourth-order valence-corrected chi connectivity index (χ4v) is 4.36. The number of carbonyl (C=O) groups is 1. The van der Waals surface area contributed by atoms with Gasteiger partial charge in [0.2, 0.25) is 0 Å². The fourth-order valence-electron chi connectivity index (χ4n) is 4.12. The van der Waals surface area contributed by atoms with Crippen molar-refractivity contribution in [1.82, 2.24) is 0 Å². The summed E-state index contributed by atoms with van der Waals surface area (Å²) in [7, 11) is 0.